The van der Waals surface area contributed by atoms with Gasteiger partial charge in [0.15, 0.2) is 0 Å². The summed E-state index contributed by atoms with van der Waals surface area (Å²) in [5.41, 5.74) is 0.798. The number of aryl methyl sites for hydroxylation is 2. The largest absolute Gasteiger partial charge is 0.480 e. The van der Waals surface area contributed by atoms with Crippen molar-refractivity contribution >= 4 is 16.0 Å². The first-order valence-electron chi connectivity index (χ1n) is 5.59. The Bertz CT molecular complexity index is 554. The van der Waals surface area contributed by atoms with Gasteiger partial charge in [0, 0.05) is 6.04 Å². The average Bonchev–Trinajstić information content (AvgIpc) is 3.01. The minimum atomic E-state index is -3.79. The Kier molecular flexibility index (Phi) is 3.16. The third kappa shape index (κ3) is 2.25. The van der Waals surface area contributed by atoms with Crippen LogP contribution in [-0.4, -0.2) is 46.6 Å². The lowest BCUT2D eigenvalue weighted by molar-refractivity contribution is -0.137. The molecule has 1 heterocycles. The van der Waals surface area contributed by atoms with Gasteiger partial charge < -0.3 is 5.11 Å². The zero-order chi connectivity index (χ0) is 13.5. The van der Waals surface area contributed by atoms with E-state index in [1.807, 2.05) is 0 Å². The fourth-order valence-corrected chi connectivity index (χ4v) is 3.91. The summed E-state index contributed by atoms with van der Waals surface area (Å²) in [5, 5.41) is 15.3. The Morgan fingerprint density at radius 1 is 1.50 bits per heavy atom. The minimum Gasteiger partial charge on any atom is -0.480 e. The Labute approximate surface area is 105 Å². The number of nitrogens with one attached hydrogen (secondary N) is 1. The summed E-state index contributed by atoms with van der Waals surface area (Å²) in [7, 11) is -3.79. The second kappa shape index (κ2) is 4.36. The molecule has 1 aromatic heterocycles. The van der Waals surface area contributed by atoms with Gasteiger partial charge in [-0.05, 0) is 26.7 Å². The Morgan fingerprint density at radius 2 is 2.11 bits per heavy atom. The zero-order valence-electron chi connectivity index (χ0n) is 10.2. The highest BCUT2D eigenvalue weighted by molar-refractivity contribution is 7.89. The molecule has 7 nitrogen and oxygen atoms in total. The first-order chi connectivity index (χ1) is 8.34. The summed E-state index contributed by atoms with van der Waals surface area (Å²) in [5.74, 6) is -1.15. The highest BCUT2D eigenvalue weighted by Crippen LogP contribution is 2.33. The maximum absolute atomic E-state index is 12.5. The Morgan fingerprint density at radius 3 is 2.50 bits per heavy atom. The molecule has 0 amide bonds. The van der Waals surface area contributed by atoms with Crippen molar-refractivity contribution in [1.82, 2.24) is 14.5 Å². The number of aromatic amines is 1. The van der Waals surface area contributed by atoms with E-state index in [0.29, 0.717) is 24.2 Å². The Hall–Kier alpha value is -1.41. The van der Waals surface area contributed by atoms with Crippen molar-refractivity contribution in [3.8, 4) is 0 Å². The standard InChI is InChI=1S/C10H15N3O4S/c1-6-10(7(2)12-11-6)18(16,17)13(5-9(14)15)8-3-4-8/h8H,3-5H2,1-2H3,(H,11,12)(H,14,15). The molecule has 0 bridgehead atoms. The molecule has 8 heteroatoms. The van der Waals surface area contributed by atoms with Crippen molar-refractivity contribution in [2.45, 2.75) is 37.6 Å². The summed E-state index contributed by atoms with van der Waals surface area (Å²) >= 11 is 0. The van der Waals surface area contributed by atoms with E-state index in [-0.39, 0.29) is 10.9 Å². The third-order valence-corrected chi connectivity index (χ3v) is 5.03. The van der Waals surface area contributed by atoms with E-state index in [1.54, 1.807) is 13.8 Å². The van der Waals surface area contributed by atoms with Gasteiger partial charge in [-0.3, -0.25) is 9.89 Å². The smallest absolute Gasteiger partial charge is 0.318 e. The summed E-state index contributed by atoms with van der Waals surface area (Å²) < 4.78 is 26.0. The average molecular weight is 273 g/mol. The van der Waals surface area contributed by atoms with Crippen LogP contribution in [0.3, 0.4) is 0 Å². The molecule has 0 unspecified atom stereocenters. The van der Waals surface area contributed by atoms with Crippen molar-refractivity contribution in [3.05, 3.63) is 11.4 Å². The van der Waals surface area contributed by atoms with Crippen LogP contribution >= 0.6 is 0 Å². The molecule has 100 valence electrons. The highest BCUT2D eigenvalue weighted by Gasteiger charge is 2.41. The van der Waals surface area contributed by atoms with Crippen LogP contribution in [0.5, 0.6) is 0 Å². The van der Waals surface area contributed by atoms with Crippen LogP contribution in [0, 0.1) is 13.8 Å². The van der Waals surface area contributed by atoms with E-state index in [1.165, 1.54) is 0 Å². The second-order valence-electron chi connectivity index (χ2n) is 4.44. The van der Waals surface area contributed by atoms with Gasteiger partial charge in [-0.25, -0.2) is 8.42 Å². The molecule has 0 aliphatic heterocycles. The molecule has 0 aromatic carbocycles. The number of carbonyl (C=O) groups is 1. The van der Waals surface area contributed by atoms with Gasteiger partial charge in [0.2, 0.25) is 10.0 Å². The summed E-state index contributed by atoms with van der Waals surface area (Å²) in [4.78, 5) is 10.9. The molecule has 1 aliphatic carbocycles. The van der Waals surface area contributed by atoms with Gasteiger partial charge >= 0.3 is 5.97 Å². The number of aromatic nitrogens is 2. The van der Waals surface area contributed by atoms with Crippen molar-refractivity contribution in [3.63, 3.8) is 0 Å². The third-order valence-electron chi connectivity index (χ3n) is 2.87. The van der Waals surface area contributed by atoms with Crippen LogP contribution in [0.4, 0.5) is 0 Å². The molecule has 0 saturated heterocycles. The first-order valence-corrected chi connectivity index (χ1v) is 7.03. The lowest BCUT2D eigenvalue weighted by atomic mass is 10.4. The maximum Gasteiger partial charge on any atom is 0.318 e. The van der Waals surface area contributed by atoms with E-state index in [4.69, 9.17) is 5.11 Å². The lowest BCUT2D eigenvalue weighted by Gasteiger charge is -2.19. The number of hydrogen-bond donors (Lipinski definition) is 2. The predicted molar refractivity (Wildman–Crippen MR) is 62.6 cm³/mol. The van der Waals surface area contributed by atoms with Gasteiger partial charge in [-0.2, -0.15) is 9.40 Å². The molecule has 1 saturated carbocycles. The molecule has 0 radical (unpaired) electrons. The van der Waals surface area contributed by atoms with Crippen LogP contribution in [0.2, 0.25) is 0 Å². The molecule has 1 aliphatic rings. The summed E-state index contributed by atoms with van der Waals surface area (Å²) in [6, 6.07) is -0.195. The van der Waals surface area contributed by atoms with Crippen LogP contribution in [0.25, 0.3) is 0 Å². The molecule has 18 heavy (non-hydrogen) atoms. The van der Waals surface area contributed by atoms with Gasteiger partial charge in [-0.15, -0.1) is 0 Å². The number of H-pyrrole nitrogens is 1. The number of hydrogen-bond acceptors (Lipinski definition) is 4. The molecule has 2 rings (SSSR count). The normalized spacial score (nSPS) is 16.2. The zero-order valence-corrected chi connectivity index (χ0v) is 11.0. The van der Waals surface area contributed by atoms with Gasteiger partial charge in [0.25, 0.3) is 0 Å². The van der Waals surface area contributed by atoms with Crippen LogP contribution in [0.15, 0.2) is 4.90 Å². The molecule has 1 aromatic rings. The quantitative estimate of drug-likeness (QED) is 0.801. The molecule has 0 atom stereocenters. The highest BCUT2D eigenvalue weighted by atomic mass is 32.2. The first kappa shape index (κ1) is 13.0. The predicted octanol–water partition coefficient (Wildman–Crippen LogP) is 0.264. The molecule has 0 spiro atoms. The van der Waals surface area contributed by atoms with Crippen LogP contribution in [-0.2, 0) is 14.8 Å². The molecular weight excluding hydrogens is 258 g/mol. The van der Waals surface area contributed by atoms with Crippen LogP contribution in [0.1, 0.15) is 24.2 Å². The molecule has 1 fully saturated rings. The topological polar surface area (TPSA) is 103 Å². The molecular formula is C10H15N3O4S. The van der Waals surface area contributed by atoms with E-state index < -0.39 is 22.5 Å². The van der Waals surface area contributed by atoms with Crippen molar-refractivity contribution in [1.29, 1.82) is 0 Å². The Balaban J connectivity index is 2.42. The SMILES string of the molecule is Cc1n[nH]c(C)c1S(=O)(=O)N(CC(=O)O)C1CC1. The minimum absolute atomic E-state index is 0.0932. The number of carboxylic acids is 1. The fourth-order valence-electron chi connectivity index (χ4n) is 1.94. The van der Waals surface area contributed by atoms with Crippen LogP contribution < -0.4 is 0 Å². The van der Waals surface area contributed by atoms with E-state index in [0.717, 1.165) is 4.31 Å². The van der Waals surface area contributed by atoms with Gasteiger partial charge in [0.1, 0.15) is 11.4 Å². The number of aliphatic carboxylic acids is 1. The van der Waals surface area contributed by atoms with Crippen molar-refractivity contribution in [2.24, 2.45) is 0 Å². The number of rotatable bonds is 5. The number of sulfonamides is 1. The second-order valence-corrected chi connectivity index (χ2v) is 6.27. The maximum atomic E-state index is 12.5. The summed E-state index contributed by atoms with van der Waals surface area (Å²) in [6.45, 7) is 2.69. The fraction of sp³-hybridized carbons (Fsp3) is 0.600. The van der Waals surface area contributed by atoms with E-state index in [2.05, 4.69) is 10.2 Å². The van der Waals surface area contributed by atoms with Crippen molar-refractivity contribution < 1.29 is 18.3 Å². The van der Waals surface area contributed by atoms with Gasteiger partial charge in [0.05, 0.1) is 11.4 Å². The van der Waals surface area contributed by atoms with Crippen molar-refractivity contribution in [2.75, 3.05) is 6.54 Å². The van der Waals surface area contributed by atoms with Gasteiger partial charge in [-0.1, -0.05) is 0 Å². The number of nitrogens with zero attached hydrogens (tertiary/aromatic N) is 2. The monoisotopic (exact) mass is 273 g/mol. The van der Waals surface area contributed by atoms with E-state index in [9.17, 15) is 13.2 Å². The number of carboxylic acid groups (broad SMARTS) is 1. The lowest BCUT2D eigenvalue weighted by Crippen LogP contribution is -2.37. The summed E-state index contributed by atoms with van der Waals surface area (Å²) in [6.07, 6.45) is 1.42. The molecule has 2 N–H and O–H groups in total. The van der Waals surface area contributed by atoms with E-state index >= 15 is 0 Å².